The van der Waals surface area contributed by atoms with Crippen molar-refractivity contribution in [1.82, 2.24) is 0 Å². The van der Waals surface area contributed by atoms with E-state index in [9.17, 15) is 21.6 Å². The van der Waals surface area contributed by atoms with Crippen LogP contribution in [0, 0.1) is 0 Å². The fraction of sp³-hybridized carbons (Fsp3) is 0.750. The summed E-state index contributed by atoms with van der Waals surface area (Å²) in [5, 5.41) is -1.64. The molecule has 6 nitrogen and oxygen atoms in total. The van der Waals surface area contributed by atoms with Crippen LogP contribution in [0.2, 0.25) is 0 Å². The predicted molar refractivity (Wildman–Crippen MR) is 47.5 cm³/mol. The van der Waals surface area contributed by atoms with E-state index in [-0.39, 0.29) is 0 Å². The fourth-order valence-corrected chi connectivity index (χ4v) is 4.19. The van der Waals surface area contributed by atoms with Gasteiger partial charge in [0.1, 0.15) is 0 Å². The molecule has 0 rings (SSSR count). The Labute approximate surface area is 80.9 Å². The van der Waals surface area contributed by atoms with Crippen LogP contribution in [0.15, 0.2) is 0 Å². The first-order valence-corrected chi connectivity index (χ1v) is 6.98. The molecule has 0 aromatic carbocycles. The lowest BCUT2D eigenvalue weighted by Gasteiger charge is -2.20. The van der Waals surface area contributed by atoms with E-state index in [1.165, 1.54) is 0 Å². The average molecular weight is 250 g/mol. The highest BCUT2D eigenvalue weighted by Gasteiger charge is 2.53. The van der Waals surface area contributed by atoms with E-state index in [0.29, 0.717) is 12.5 Å². The maximum atomic E-state index is 10.9. The molecule has 0 saturated heterocycles. The van der Waals surface area contributed by atoms with Crippen molar-refractivity contribution < 1.29 is 21.6 Å². The van der Waals surface area contributed by atoms with E-state index in [1.54, 1.807) is 0 Å². The standard InChI is InChI=1S/C4H8ClNO5S2/c1-12(8,9)4(6,3(5)7)13(2,10)11/h6H2,1-2H3. The van der Waals surface area contributed by atoms with Crippen LogP contribution in [0.25, 0.3) is 0 Å². The number of carbonyl (C=O) groups excluding carboxylic acids is 1. The largest absolute Gasteiger partial charge is 0.293 e. The molecule has 0 unspecified atom stereocenters. The van der Waals surface area contributed by atoms with Gasteiger partial charge in [-0.25, -0.2) is 16.8 Å². The Hall–Kier alpha value is -0.180. The molecule has 0 radical (unpaired) electrons. The van der Waals surface area contributed by atoms with Gasteiger partial charge in [0.25, 0.3) is 9.45 Å². The Balaban J connectivity index is 5.96. The Morgan fingerprint density at radius 1 is 1.15 bits per heavy atom. The number of rotatable bonds is 3. The molecular formula is C4H8ClNO5S2. The SMILES string of the molecule is CS(=O)(=O)C(N)(C(=O)Cl)S(C)(=O)=O. The average Bonchev–Trinajstić information content (AvgIpc) is 1.80. The summed E-state index contributed by atoms with van der Waals surface area (Å²) in [5.41, 5.74) is 4.94. The first kappa shape index (κ1) is 12.8. The van der Waals surface area contributed by atoms with Gasteiger partial charge in [0, 0.05) is 12.5 Å². The Morgan fingerprint density at radius 2 is 1.38 bits per heavy atom. The van der Waals surface area contributed by atoms with E-state index >= 15 is 0 Å². The molecule has 0 aliphatic heterocycles. The minimum Gasteiger partial charge on any atom is -0.292 e. The van der Waals surface area contributed by atoms with Crippen molar-refractivity contribution in [2.75, 3.05) is 12.5 Å². The molecular weight excluding hydrogens is 242 g/mol. The zero-order valence-corrected chi connectivity index (χ0v) is 9.20. The number of hydrogen-bond acceptors (Lipinski definition) is 6. The molecule has 9 heteroatoms. The quantitative estimate of drug-likeness (QED) is 0.607. The second-order valence-corrected chi connectivity index (χ2v) is 7.46. The second-order valence-electron chi connectivity index (χ2n) is 2.49. The molecule has 0 aliphatic carbocycles. The van der Waals surface area contributed by atoms with E-state index in [4.69, 9.17) is 17.3 Å². The van der Waals surface area contributed by atoms with E-state index in [2.05, 4.69) is 0 Å². The number of carbonyl (C=O) groups is 1. The molecule has 0 fully saturated rings. The van der Waals surface area contributed by atoms with Gasteiger partial charge >= 0.3 is 0 Å². The summed E-state index contributed by atoms with van der Waals surface area (Å²) >= 11 is 4.83. The summed E-state index contributed by atoms with van der Waals surface area (Å²) in [6, 6.07) is 0. The highest BCUT2D eigenvalue weighted by atomic mass is 35.5. The van der Waals surface area contributed by atoms with Crippen LogP contribution < -0.4 is 5.73 Å². The molecule has 0 spiro atoms. The van der Waals surface area contributed by atoms with Crippen molar-refractivity contribution in [2.45, 2.75) is 4.20 Å². The summed E-state index contributed by atoms with van der Waals surface area (Å²) < 4.78 is 40.7. The van der Waals surface area contributed by atoms with Gasteiger partial charge in [0.2, 0.25) is 0 Å². The Bertz CT molecular complexity index is 389. The number of hydrogen-bond donors (Lipinski definition) is 1. The van der Waals surface area contributed by atoms with Crippen LogP contribution in [0.5, 0.6) is 0 Å². The van der Waals surface area contributed by atoms with E-state index in [1.807, 2.05) is 0 Å². The van der Waals surface area contributed by atoms with Crippen LogP contribution in [0.4, 0.5) is 0 Å². The van der Waals surface area contributed by atoms with Gasteiger partial charge in [-0.2, -0.15) is 0 Å². The predicted octanol–water partition coefficient (Wildman–Crippen LogP) is -1.55. The summed E-state index contributed by atoms with van der Waals surface area (Å²) in [6.45, 7) is 0. The molecule has 0 atom stereocenters. The van der Waals surface area contributed by atoms with Crippen LogP contribution >= 0.6 is 11.6 Å². The topological polar surface area (TPSA) is 111 Å². The van der Waals surface area contributed by atoms with E-state index in [0.717, 1.165) is 0 Å². The maximum Gasteiger partial charge on any atom is 0.293 e. The van der Waals surface area contributed by atoms with Crippen molar-refractivity contribution in [3.05, 3.63) is 0 Å². The minimum absolute atomic E-state index is 0.522. The minimum atomic E-state index is -4.31. The molecule has 0 heterocycles. The highest BCUT2D eigenvalue weighted by molar-refractivity contribution is 8.11. The molecule has 78 valence electrons. The van der Waals surface area contributed by atoms with Crippen molar-refractivity contribution >= 4 is 36.5 Å². The van der Waals surface area contributed by atoms with Gasteiger partial charge in [-0.3, -0.25) is 10.5 Å². The normalized spacial score (nSPS) is 14.2. The molecule has 0 bridgehead atoms. The monoisotopic (exact) mass is 249 g/mol. The summed E-state index contributed by atoms with van der Waals surface area (Å²) in [7, 11) is -8.63. The van der Waals surface area contributed by atoms with Gasteiger partial charge in [-0.1, -0.05) is 0 Å². The van der Waals surface area contributed by atoms with Gasteiger partial charge in [0.05, 0.1) is 0 Å². The third-order valence-electron chi connectivity index (χ3n) is 1.38. The van der Waals surface area contributed by atoms with Crippen molar-refractivity contribution in [2.24, 2.45) is 5.73 Å². The smallest absolute Gasteiger partial charge is 0.292 e. The maximum absolute atomic E-state index is 10.9. The molecule has 0 amide bonds. The zero-order valence-electron chi connectivity index (χ0n) is 6.81. The lowest BCUT2D eigenvalue weighted by Crippen LogP contribution is -2.58. The lowest BCUT2D eigenvalue weighted by atomic mass is 10.7. The third-order valence-corrected chi connectivity index (χ3v) is 6.29. The molecule has 2 N–H and O–H groups in total. The first-order valence-electron chi connectivity index (χ1n) is 2.82. The van der Waals surface area contributed by atoms with Gasteiger partial charge in [0.15, 0.2) is 19.7 Å². The number of halogens is 1. The molecule has 0 aliphatic rings. The fourth-order valence-electron chi connectivity index (χ4n) is 0.566. The van der Waals surface area contributed by atoms with Gasteiger partial charge in [-0.15, -0.1) is 0 Å². The molecule has 0 aromatic heterocycles. The van der Waals surface area contributed by atoms with Crippen LogP contribution in [-0.2, 0) is 24.5 Å². The summed E-state index contributed by atoms with van der Waals surface area (Å²) in [6.07, 6.45) is 1.04. The highest BCUT2D eigenvalue weighted by Crippen LogP contribution is 2.20. The summed E-state index contributed by atoms with van der Waals surface area (Å²) in [5.74, 6) is 0. The van der Waals surface area contributed by atoms with Crippen molar-refractivity contribution in [1.29, 1.82) is 0 Å². The lowest BCUT2D eigenvalue weighted by molar-refractivity contribution is -0.112. The van der Waals surface area contributed by atoms with E-state index < -0.39 is 29.1 Å². The number of nitrogens with two attached hydrogens (primary N) is 1. The van der Waals surface area contributed by atoms with Crippen LogP contribution in [-0.4, -0.2) is 38.8 Å². The molecule has 0 saturated carbocycles. The van der Waals surface area contributed by atoms with Crippen molar-refractivity contribution in [3.8, 4) is 0 Å². The van der Waals surface area contributed by atoms with Gasteiger partial charge in [-0.05, 0) is 11.6 Å². The zero-order chi connectivity index (χ0) is 11.1. The van der Waals surface area contributed by atoms with Crippen LogP contribution in [0.1, 0.15) is 0 Å². The Kier molecular flexibility index (Phi) is 3.15. The number of sulfone groups is 2. The van der Waals surface area contributed by atoms with Gasteiger partial charge < -0.3 is 0 Å². The first-order chi connectivity index (χ1) is 5.44. The summed E-state index contributed by atoms with van der Waals surface area (Å²) in [4.78, 5) is 10.6. The second kappa shape index (κ2) is 3.19. The molecule has 13 heavy (non-hydrogen) atoms. The molecule has 0 aromatic rings. The van der Waals surface area contributed by atoms with Crippen molar-refractivity contribution in [3.63, 3.8) is 0 Å². The third kappa shape index (κ3) is 2.01. The van der Waals surface area contributed by atoms with Crippen LogP contribution in [0.3, 0.4) is 0 Å². The Morgan fingerprint density at radius 3 is 1.38 bits per heavy atom.